The number of aromatic hydroxyl groups is 1. The van der Waals surface area contributed by atoms with Crippen LogP contribution in [0.15, 0.2) is 58.4 Å². The van der Waals surface area contributed by atoms with Gasteiger partial charge in [0, 0.05) is 16.0 Å². The van der Waals surface area contributed by atoms with Gasteiger partial charge in [-0.2, -0.15) is 0 Å². The second kappa shape index (κ2) is 7.09. The van der Waals surface area contributed by atoms with Crippen LogP contribution in [0.25, 0.3) is 0 Å². The van der Waals surface area contributed by atoms with E-state index in [1.54, 1.807) is 23.9 Å². The predicted octanol–water partition coefficient (Wildman–Crippen LogP) is 4.13. The number of nitrogens with zero attached hydrogens (tertiary/aromatic N) is 1. The minimum absolute atomic E-state index is 0.0296. The number of anilines is 1. The van der Waals surface area contributed by atoms with Gasteiger partial charge in [-0.15, -0.1) is 11.8 Å². The summed E-state index contributed by atoms with van der Waals surface area (Å²) in [7, 11) is 0. The molecular weight excluding hydrogens is 468 g/mol. The van der Waals surface area contributed by atoms with Crippen LogP contribution in [0.5, 0.6) is 5.75 Å². The number of hydrogen-bond donors (Lipinski definition) is 2. The number of rotatable bonds is 2. The lowest BCUT2D eigenvalue weighted by Crippen LogP contribution is -2.42. The van der Waals surface area contributed by atoms with Gasteiger partial charge in [-0.25, -0.2) is 0 Å². The Kier molecular flexibility index (Phi) is 4.28. The van der Waals surface area contributed by atoms with E-state index in [2.05, 4.69) is 4.98 Å². The molecule has 3 heterocycles. The fourth-order valence-corrected chi connectivity index (χ4v) is 9.91. The molecule has 3 fully saturated rings. The van der Waals surface area contributed by atoms with Gasteiger partial charge in [-0.1, -0.05) is 41.2 Å². The summed E-state index contributed by atoms with van der Waals surface area (Å²) in [6, 6.07) is 14.8. The van der Waals surface area contributed by atoms with Crippen molar-refractivity contribution >= 4 is 40.6 Å². The minimum atomic E-state index is -0.308. The summed E-state index contributed by atoms with van der Waals surface area (Å²) in [6.07, 6.45) is 0.866. The van der Waals surface area contributed by atoms with E-state index in [9.17, 15) is 19.5 Å². The van der Waals surface area contributed by atoms with E-state index in [-0.39, 0.29) is 63.2 Å². The van der Waals surface area contributed by atoms with Gasteiger partial charge in [0.1, 0.15) is 5.75 Å². The van der Waals surface area contributed by atoms with Crippen LogP contribution in [0, 0.1) is 36.5 Å². The third-order valence-electron chi connectivity index (χ3n) is 8.27. The Morgan fingerprint density at radius 2 is 1.62 bits per heavy atom. The van der Waals surface area contributed by atoms with E-state index in [0.717, 1.165) is 27.5 Å². The van der Waals surface area contributed by atoms with Gasteiger partial charge >= 0.3 is 4.87 Å². The first-order valence-electron chi connectivity index (χ1n) is 11.6. The zero-order chi connectivity index (χ0) is 23.3. The average Bonchev–Trinajstić information content (AvgIpc) is 3.54. The number of thiazole rings is 1. The van der Waals surface area contributed by atoms with Crippen LogP contribution in [0.3, 0.4) is 0 Å². The zero-order valence-electron chi connectivity index (χ0n) is 18.3. The second-order valence-corrected chi connectivity index (χ2v) is 12.1. The smallest absolute Gasteiger partial charge is 0.305 e. The minimum Gasteiger partial charge on any atom is -0.508 e. The van der Waals surface area contributed by atoms with Crippen molar-refractivity contribution in [1.29, 1.82) is 0 Å². The number of carbonyl (C=O) groups is 2. The van der Waals surface area contributed by atoms with Crippen molar-refractivity contribution < 1.29 is 14.7 Å². The third-order valence-corrected chi connectivity index (χ3v) is 10.9. The Bertz CT molecular complexity index is 1390. The van der Waals surface area contributed by atoms with Crippen molar-refractivity contribution in [3.8, 4) is 5.75 Å². The lowest BCUT2D eigenvalue weighted by Gasteiger charge is -2.43. The molecule has 0 radical (unpaired) electrons. The van der Waals surface area contributed by atoms with Crippen molar-refractivity contribution in [2.75, 3.05) is 4.90 Å². The summed E-state index contributed by atoms with van der Waals surface area (Å²) in [6.45, 7) is 1.99. The lowest BCUT2D eigenvalue weighted by atomic mass is 9.68. The van der Waals surface area contributed by atoms with Crippen LogP contribution in [0.4, 0.5) is 5.69 Å². The van der Waals surface area contributed by atoms with Gasteiger partial charge < -0.3 is 10.1 Å². The quantitative estimate of drug-likeness (QED) is 0.527. The zero-order valence-corrected chi connectivity index (χ0v) is 19.9. The molecule has 0 unspecified atom stereocenters. The molecule has 7 rings (SSSR count). The molecule has 34 heavy (non-hydrogen) atoms. The SMILES string of the molecule is Cc1ccc(N2C(=O)[C@H]3[C@H]4C[C@@H]([C@@H]3C2=O)[C@H]2[C@H](c3ccc(O)cc3)c3sc(=O)[nH]c3S[C@H]42)cc1. The highest BCUT2D eigenvalue weighted by Gasteiger charge is 2.69. The number of amides is 2. The molecule has 7 atom stereocenters. The first kappa shape index (κ1) is 20.5. The molecular formula is C26H22N2O4S2. The van der Waals surface area contributed by atoms with Crippen molar-refractivity contribution in [3.63, 3.8) is 0 Å². The van der Waals surface area contributed by atoms with Gasteiger partial charge in [0.2, 0.25) is 11.8 Å². The number of imide groups is 1. The Balaban J connectivity index is 1.32. The van der Waals surface area contributed by atoms with Crippen LogP contribution < -0.4 is 9.77 Å². The number of aryl methyl sites for hydroxylation is 1. The number of thioether (sulfide) groups is 1. The Hall–Kier alpha value is -2.84. The van der Waals surface area contributed by atoms with E-state index >= 15 is 0 Å². The summed E-state index contributed by atoms with van der Waals surface area (Å²) in [5.41, 5.74) is 2.78. The molecule has 2 aliphatic heterocycles. The first-order valence-corrected chi connectivity index (χ1v) is 13.2. The third kappa shape index (κ3) is 2.66. The van der Waals surface area contributed by atoms with Crippen molar-refractivity contribution in [2.45, 2.75) is 29.5 Å². The van der Waals surface area contributed by atoms with E-state index in [4.69, 9.17) is 0 Å². The molecule has 0 spiro atoms. The largest absolute Gasteiger partial charge is 0.508 e. The fraction of sp³-hybridized carbons (Fsp3) is 0.346. The molecule has 1 saturated heterocycles. The van der Waals surface area contributed by atoms with Crippen LogP contribution in [-0.2, 0) is 9.59 Å². The standard InChI is InChI=1S/C26H22N2O4S2/c1-11-2-6-13(7-3-11)28-24(30)19-15-10-16(20(19)25(28)31)21-18(15)17(12-4-8-14(29)9-5-12)22-23(33-21)27-26(32)34-22/h2-9,15-21,29H,10H2,1H3,(H,27,32)/t15-,16-,17+,18+,19+,20+,21-/m1/s1. The number of phenolic OH excluding ortho intramolecular Hbond substituents is 1. The van der Waals surface area contributed by atoms with Crippen molar-refractivity contribution in [2.24, 2.45) is 29.6 Å². The fourth-order valence-electron chi connectivity index (χ4n) is 7.02. The second-order valence-electron chi connectivity index (χ2n) is 9.90. The van der Waals surface area contributed by atoms with Crippen LogP contribution >= 0.6 is 23.1 Å². The Morgan fingerprint density at radius 1 is 0.941 bits per heavy atom. The summed E-state index contributed by atoms with van der Waals surface area (Å²) in [5.74, 6) is -0.226. The molecule has 1 aromatic heterocycles. The van der Waals surface area contributed by atoms with Crippen molar-refractivity contribution in [3.05, 3.63) is 74.2 Å². The Morgan fingerprint density at radius 3 is 2.32 bits per heavy atom. The molecule has 172 valence electrons. The number of fused-ring (bicyclic) bond motifs is 9. The number of aromatic nitrogens is 1. The van der Waals surface area contributed by atoms with E-state index in [0.29, 0.717) is 5.69 Å². The Labute approximate surface area is 204 Å². The molecule has 3 aromatic rings. The highest BCUT2D eigenvalue weighted by atomic mass is 32.2. The lowest BCUT2D eigenvalue weighted by molar-refractivity contribution is -0.123. The van der Waals surface area contributed by atoms with Crippen LogP contribution in [0.1, 0.15) is 28.3 Å². The van der Waals surface area contributed by atoms with E-state index in [1.165, 1.54) is 16.2 Å². The van der Waals surface area contributed by atoms with Crippen LogP contribution in [0.2, 0.25) is 0 Å². The molecule has 6 nitrogen and oxygen atoms in total. The van der Waals surface area contributed by atoms with Gasteiger partial charge in [0.15, 0.2) is 0 Å². The summed E-state index contributed by atoms with van der Waals surface area (Å²) in [4.78, 5) is 45.0. The van der Waals surface area contributed by atoms with E-state index in [1.807, 2.05) is 43.3 Å². The molecule has 8 heteroatoms. The summed E-state index contributed by atoms with van der Waals surface area (Å²) in [5, 5.41) is 10.9. The summed E-state index contributed by atoms with van der Waals surface area (Å²) < 4.78 is 0. The van der Waals surface area contributed by atoms with Gasteiger partial charge in [-0.3, -0.25) is 19.3 Å². The first-order chi connectivity index (χ1) is 16.4. The molecule has 2 amide bonds. The van der Waals surface area contributed by atoms with Gasteiger partial charge in [-0.05, 0) is 60.9 Å². The summed E-state index contributed by atoms with van der Waals surface area (Å²) >= 11 is 2.93. The maximum atomic E-state index is 13.7. The number of benzene rings is 2. The molecule has 2 aromatic carbocycles. The maximum Gasteiger partial charge on any atom is 0.305 e. The number of aromatic amines is 1. The average molecular weight is 491 g/mol. The van der Waals surface area contributed by atoms with Crippen molar-refractivity contribution in [1.82, 2.24) is 4.98 Å². The number of hydrogen-bond acceptors (Lipinski definition) is 6. The van der Waals surface area contributed by atoms with Gasteiger partial charge in [0.05, 0.1) is 22.5 Å². The number of carbonyl (C=O) groups excluding carboxylic acids is 2. The molecule has 2 N–H and O–H groups in total. The van der Waals surface area contributed by atoms with Gasteiger partial charge in [0.25, 0.3) is 0 Å². The number of H-pyrrole nitrogens is 1. The number of nitrogens with one attached hydrogen (secondary N) is 1. The highest BCUT2D eigenvalue weighted by molar-refractivity contribution is 8.00. The molecule has 2 aliphatic carbocycles. The maximum absolute atomic E-state index is 13.7. The monoisotopic (exact) mass is 490 g/mol. The topological polar surface area (TPSA) is 90.5 Å². The normalized spacial score (nSPS) is 33.2. The highest BCUT2D eigenvalue weighted by Crippen LogP contribution is 2.68. The number of phenols is 1. The van der Waals surface area contributed by atoms with E-state index < -0.39 is 0 Å². The molecule has 2 bridgehead atoms. The molecule has 2 saturated carbocycles. The van der Waals surface area contributed by atoms with Crippen LogP contribution in [-0.4, -0.2) is 27.2 Å². The predicted molar refractivity (Wildman–Crippen MR) is 130 cm³/mol. The molecule has 4 aliphatic rings.